The summed E-state index contributed by atoms with van der Waals surface area (Å²) in [4.78, 5) is 29.6. The third-order valence-corrected chi connectivity index (χ3v) is 6.43. The summed E-state index contributed by atoms with van der Waals surface area (Å²) in [5.74, 6) is -0.0174. The second-order valence-electron chi connectivity index (χ2n) is 8.60. The molecule has 2 aliphatic carbocycles. The van der Waals surface area contributed by atoms with Gasteiger partial charge in [0, 0.05) is 26.6 Å². The minimum Gasteiger partial charge on any atom is -0.488 e. The van der Waals surface area contributed by atoms with E-state index in [0.717, 1.165) is 19.3 Å². The van der Waals surface area contributed by atoms with Crippen molar-refractivity contribution in [3.05, 3.63) is 23.5 Å². The molecule has 10 nitrogen and oxygen atoms in total. The second kappa shape index (κ2) is 8.76. The number of carboxylic acid groups (broad SMARTS) is 1. The van der Waals surface area contributed by atoms with Crippen molar-refractivity contribution < 1.29 is 24.2 Å². The van der Waals surface area contributed by atoms with Crippen LogP contribution in [0.5, 0.6) is 5.75 Å². The van der Waals surface area contributed by atoms with E-state index in [4.69, 9.17) is 9.47 Å². The molecule has 0 unspecified atom stereocenters. The van der Waals surface area contributed by atoms with Crippen LogP contribution in [0.25, 0.3) is 11.4 Å². The maximum absolute atomic E-state index is 12.1. The number of pyridine rings is 1. The molecule has 10 heteroatoms. The van der Waals surface area contributed by atoms with Crippen LogP contribution in [0.15, 0.2) is 12.1 Å². The van der Waals surface area contributed by atoms with Gasteiger partial charge in [-0.2, -0.15) is 0 Å². The Morgan fingerprint density at radius 3 is 2.75 bits per heavy atom. The fourth-order valence-electron chi connectivity index (χ4n) is 4.69. The molecule has 4 rings (SSSR count). The average molecular weight is 444 g/mol. The first kappa shape index (κ1) is 22.0. The maximum atomic E-state index is 12.1. The molecule has 2 fully saturated rings. The van der Waals surface area contributed by atoms with E-state index in [1.165, 1.54) is 4.90 Å². The van der Waals surface area contributed by atoms with Crippen molar-refractivity contribution >= 4 is 12.1 Å². The highest BCUT2D eigenvalue weighted by molar-refractivity contribution is 5.75. The number of fused-ring (bicyclic) bond motifs is 1. The zero-order chi connectivity index (χ0) is 23.0. The summed E-state index contributed by atoms with van der Waals surface area (Å²) in [6.45, 7) is 4.50. The maximum Gasteiger partial charge on any atom is 0.409 e. The van der Waals surface area contributed by atoms with Crippen LogP contribution in [-0.4, -0.2) is 61.7 Å². The van der Waals surface area contributed by atoms with Crippen molar-refractivity contribution in [1.82, 2.24) is 24.9 Å². The highest BCUT2D eigenvalue weighted by Gasteiger charge is 2.63. The van der Waals surface area contributed by atoms with Gasteiger partial charge < -0.3 is 19.5 Å². The summed E-state index contributed by atoms with van der Waals surface area (Å²) >= 11 is 0. The summed E-state index contributed by atoms with van der Waals surface area (Å²) in [5.41, 5.74) is 2.48. The zero-order valence-electron chi connectivity index (χ0n) is 18.8. The molecule has 0 aromatic carbocycles. The summed E-state index contributed by atoms with van der Waals surface area (Å²) in [6.07, 6.45) is 2.12. The van der Waals surface area contributed by atoms with Crippen LogP contribution in [0.3, 0.4) is 0 Å². The normalized spacial score (nSPS) is 23.5. The molecule has 0 radical (unpaired) electrons. The van der Waals surface area contributed by atoms with Gasteiger partial charge in [-0.1, -0.05) is 12.1 Å². The first-order valence-corrected chi connectivity index (χ1v) is 11.0. The quantitative estimate of drug-likeness (QED) is 0.661. The molecule has 2 saturated carbocycles. The van der Waals surface area contributed by atoms with Crippen molar-refractivity contribution in [3.8, 4) is 17.1 Å². The zero-order valence-corrected chi connectivity index (χ0v) is 18.8. The Morgan fingerprint density at radius 2 is 2.09 bits per heavy atom. The van der Waals surface area contributed by atoms with E-state index in [9.17, 15) is 14.7 Å². The van der Waals surface area contributed by atoms with Gasteiger partial charge in [-0.05, 0) is 44.2 Å². The van der Waals surface area contributed by atoms with E-state index >= 15 is 0 Å². The fourth-order valence-corrected chi connectivity index (χ4v) is 4.69. The van der Waals surface area contributed by atoms with E-state index in [1.807, 2.05) is 19.9 Å². The summed E-state index contributed by atoms with van der Waals surface area (Å²) in [5, 5.41) is 17.6. The van der Waals surface area contributed by atoms with Gasteiger partial charge in [0.2, 0.25) is 0 Å². The number of carbonyl (C=O) groups is 2. The lowest BCUT2D eigenvalue weighted by Crippen LogP contribution is -2.28. The number of hydrogen-bond acceptors (Lipinski definition) is 7. The molecule has 172 valence electrons. The van der Waals surface area contributed by atoms with Crippen LogP contribution in [0.2, 0.25) is 0 Å². The molecule has 2 aromatic rings. The molecule has 0 saturated heterocycles. The monoisotopic (exact) mass is 443 g/mol. The lowest BCUT2D eigenvalue weighted by atomic mass is 10.1. The third-order valence-electron chi connectivity index (χ3n) is 6.43. The van der Waals surface area contributed by atoms with Crippen LogP contribution in [-0.2, 0) is 23.2 Å². The minimum absolute atomic E-state index is 0.0341. The molecule has 1 amide bonds. The fraction of sp³-hybridized carbons (Fsp3) is 0.591. The Hall–Kier alpha value is -3.17. The van der Waals surface area contributed by atoms with Crippen LogP contribution in [0.1, 0.15) is 37.6 Å². The third kappa shape index (κ3) is 4.13. The van der Waals surface area contributed by atoms with E-state index in [-0.39, 0.29) is 30.5 Å². The lowest BCUT2D eigenvalue weighted by Gasteiger charge is -2.18. The molecule has 2 aromatic heterocycles. The molecule has 2 aliphatic rings. The lowest BCUT2D eigenvalue weighted by molar-refractivity contribution is -0.139. The Balaban J connectivity index is 1.45. The first-order valence-electron chi connectivity index (χ1n) is 11.0. The van der Waals surface area contributed by atoms with Crippen molar-refractivity contribution in [2.24, 2.45) is 24.8 Å². The Labute approximate surface area is 186 Å². The van der Waals surface area contributed by atoms with Gasteiger partial charge in [0.15, 0.2) is 0 Å². The largest absolute Gasteiger partial charge is 0.488 e. The second-order valence-corrected chi connectivity index (χ2v) is 8.60. The minimum atomic E-state index is -0.727. The Bertz CT molecular complexity index is 1020. The Morgan fingerprint density at radius 1 is 1.31 bits per heavy atom. The number of carboxylic acids is 1. The van der Waals surface area contributed by atoms with Gasteiger partial charge in [0.1, 0.15) is 29.8 Å². The molecule has 4 atom stereocenters. The molecule has 0 aliphatic heterocycles. The number of nitrogens with zero attached hydrogens (tertiary/aromatic N) is 5. The van der Waals surface area contributed by atoms with Gasteiger partial charge in [-0.3, -0.25) is 4.79 Å². The van der Waals surface area contributed by atoms with Gasteiger partial charge in [-0.25, -0.2) is 14.5 Å². The van der Waals surface area contributed by atoms with Crippen LogP contribution >= 0.6 is 0 Å². The molecule has 0 bridgehead atoms. The van der Waals surface area contributed by atoms with Gasteiger partial charge in [0.25, 0.3) is 0 Å². The first-order chi connectivity index (χ1) is 15.3. The number of rotatable bonds is 8. The van der Waals surface area contributed by atoms with E-state index < -0.39 is 12.1 Å². The number of aromatic nitrogens is 4. The molecule has 32 heavy (non-hydrogen) atoms. The van der Waals surface area contributed by atoms with E-state index in [2.05, 4.69) is 15.3 Å². The van der Waals surface area contributed by atoms with Crippen molar-refractivity contribution in [1.29, 1.82) is 0 Å². The van der Waals surface area contributed by atoms with Gasteiger partial charge in [0.05, 0.1) is 17.3 Å². The topological polar surface area (TPSA) is 120 Å². The van der Waals surface area contributed by atoms with E-state index in [0.29, 0.717) is 35.1 Å². The van der Waals surface area contributed by atoms with Crippen LogP contribution in [0, 0.1) is 24.7 Å². The Kier molecular flexibility index (Phi) is 6.03. The summed E-state index contributed by atoms with van der Waals surface area (Å²) in [7, 11) is 3.44. The smallest absolute Gasteiger partial charge is 0.409 e. The highest BCUT2D eigenvalue weighted by atomic mass is 16.6. The van der Waals surface area contributed by atoms with Crippen LogP contribution in [0.4, 0.5) is 4.79 Å². The molecular weight excluding hydrogens is 414 g/mol. The standard InChI is InChI=1S/C22H29N5O5/c1-5-10-26(3)22(30)31-11-15-20(24-25-27(15)4)14-7-9-16(12(2)23-14)32-17-8-6-13-18(17)19(13)21(28)29/h7,9,13,17-19H,5-6,8,10-11H2,1-4H3,(H,28,29)/t13-,17-,18-,19-/m1/s1. The average Bonchev–Trinajstić information content (AvgIpc) is 3.17. The number of carbonyl (C=O) groups excluding carboxylic acids is 1. The summed E-state index contributed by atoms with van der Waals surface area (Å²) in [6, 6.07) is 3.64. The van der Waals surface area contributed by atoms with Gasteiger partial charge >= 0.3 is 12.1 Å². The number of amides is 1. The molecule has 1 N–H and O–H groups in total. The highest BCUT2D eigenvalue weighted by Crippen LogP contribution is 2.58. The summed E-state index contributed by atoms with van der Waals surface area (Å²) < 4.78 is 13.1. The number of aryl methyl sites for hydroxylation is 2. The van der Waals surface area contributed by atoms with Gasteiger partial charge in [-0.15, -0.1) is 5.10 Å². The SMILES string of the molecule is CCCN(C)C(=O)OCc1c(-c2ccc(O[C@@H]3CC[C@H]4[C@@H](C(=O)O)[C@H]43)c(C)n2)nnn1C. The molecule has 0 spiro atoms. The van der Waals surface area contributed by atoms with E-state index in [1.54, 1.807) is 24.8 Å². The number of aliphatic carboxylic acids is 1. The van der Waals surface area contributed by atoms with Crippen molar-refractivity contribution in [3.63, 3.8) is 0 Å². The number of hydrogen-bond donors (Lipinski definition) is 1. The number of ether oxygens (including phenoxy) is 2. The predicted molar refractivity (Wildman–Crippen MR) is 114 cm³/mol. The molecule has 2 heterocycles. The van der Waals surface area contributed by atoms with Crippen molar-refractivity contribution in [2.45, 2.75) is 45.8 Å². The van der Waals surface area contributed by atoms with Crippen molar-refractivity contribution in [2.75, 3.05) is 13.6 Å². The predicted octanol–water partition coefficient (Wildman–Crippen LogP) is 2.65. The van der Waals surface area contributed by atoms with Crippen LogP contribution < -0.4 is 4.74 Å². The molecular formula is C22H29N5O5.